The zero-order valence-corrected chi connectivity index (χ0v) is 8.14. The van der Waals surface area contributed by atoms with Gasteiger partial charge in [-0.3, -0.25) is 9.59 Å². The maximum atomic E-state index is 11.1. The minimum atomic E-state index is -0.256. The SMILES string of the molecule is C=C(CC(=O)NCC)C(=O)NCC. The van der Waals surface area contributed by atoms with Crippen LogP contribution >= 0.6 is 0 Å². The normalized spacial score (nSPS) is 9.08. The van der Waals surface area contributed by atoms with E-state index in [1.807, 2.05) is 13.8 Å². The molecule has 2 N–H and O–H groups in total. The number of nitrogens with one attached hydrogen (secondary N) is 2. The minimum Gasteiger partial charge on any atom is -0.356 e. The van der Waals surface area contributed by atoms with Crippen molar-refractivity contribution in [3.8, 4) is 0 Å². The van der Waals surface area contributed by atoms with Gasteiger partial charge in [0.1, 0.15) is 0 Å². The fraction of sp³-hybridized carbons (Fsp3) is 0.556. The van der Waals surface area contributed by atoms with Gasteiger partial charge in [-0.15, -0.1) is 0 Å². The molecular formula is C9H16N2O2. The van der Waals surface area contributed by atoms with Crippen molar-refractivity contribution in [1.82, 2.24) is 10.6 Å². The van der Waals surface area contributed by atoms with Gasteiger partial charge in [0.05, 0.1) is 6.42 Å². The zero-order valence-electron chi connectivity index (χ0n) is 8.14. The van der Waals surface area contributed by atoms with E-state index >= 15 is 0 Å². The molecule has 0 radical (unpaired) electrons. The Balaban J connectivity index is 3.86. The van der Waals surface area contributed by atoms with Crippen LogP contribution in [0.1, 0.15) is 20.3 Å². The second-order valence-electron chi connectivity index (χ2n) is 2.59. The van der Waals surface area contributed by atoms with Crippen LogP contribution in [0, 0.1) is 0 Å². The second kappa shape index (κ2) is 6.22. The Bertz CT molecular complexity index is 212. The highest BCUT2D eigenvalue weighted by Crippen LogP contribution is 1.96. The van der Waals surface area contributed by atoms with Crippen LogP contribution in [0.15, 0.2) is 12.2 Å². The molecule has 74 valence electrons. The first kappa shape index (κ1) is 11.7. The largest absolute Gasteiger partial charge is 0.356 e. The van der Waals surface area contributed by atoms with Crippen LogP contribution in [0.3, 0.4) is 0 Å². The van der Waals surface area contributed by atoms with Gasteiger partial charge in [-0.1, -0.05) is 6.58 Å². The average molecular weight is 184 g/mol. The first-order valence-electron chi connectivity index (χ1n) is 4.34. The van der Waals surface area contributed by atoms with Gasteiger partial charge < -0.3 is 10.6 Å². The quantitative estimate of drug-likeness (QED) is 0.600. The van der Waals surface area contributed by atoms with Gasteiger partial charge in [0, 0.05) is 18.7 Å². The Morgan fingerprint density at radius 1 is 1.15 bits per heavy atom. The zero-order chi connectivity index (χ0) is 10.3. The smallest absolute Gasteiger partial charge is 0.247 e. The van der Waals surface area contributed by atoms with E-state index in [1.165, 1.54) is 0 Å². The molecule has 0 bridgehead atoms. The summed E-state index contributed by atoms with van der Waals surface area (Å²) in [5, 5.41) is 5.17. The lowest BCUT2D eigenvalue weighted by Gasteiger charge is -2.05. The molecule has 0 aliphatic carbocycles. The van der Waals surface area contributed by atoms with Crippen molar-refractivity contribution in [2.45, 2.75) is 20.3 Å². The number of likely N-dealkylation sites (N-methyl/N-ethyl adjacent to an activating group) is 1. The minimum absolute atomic E-state index is 0.0691. The summed E-state index contributed by atoms with van der Waals surface area (Å²) in [4.78, 5) is 22.1. The first-order valence-corrected chi connectivity index (χ1v) is 4.34. The van der Waals surface area contributed by atoms with E-state index in [-0.39, 0.29) is 18.2 Å². The van der Waals surface area contributed by atoms with Crippen molar-refractivity contribution in [3.05, 3.63) is 12.2 Å². The summed E-state index contributed by atoms with van der Waals surface area (Å²) < 4.78 is 0. The Morgan fingerprint density at radius 3 is 2.15 bits per heavy atom. The van der Waals surface area contributed by atoms with Crippen molar-refractivity contribution in [1.29, 1.82) is 0 Å². The lowest BCUT2D eigenvalue weighted by Crippen LogP contribution is -2.29. The van der Waals surface area contributed by atoms with Crippen molar-refractivity contribution in [3.63, 3.8) is 0 Å². The van der Waals surface area contributed by atoms with E-state index < -0.39 is 0 Å². The molecule has 0 fully saturated rings. The van der Waals surface area contributed by atoms with E-state index in [2.05, 4.69) is 17.2 Å². The molecule has 0 rings (SSSR count). The third kappa shape index (κ3) is 5.00. The number of hydrogen-bond donors (Lipinski definition) is 2. The summed E-state index contributed by atoms with van der Waals surface area (Å²) in [5.41, 5.74) is 0.299. The van der Waals surface area contributed by atoms with Crippen molar-refractivity contribution >= 4 is 11.8 Å². The maximum Gasteiger partial charge on any atom is 0.247 e. The van der Waals surface area contributed by atoms with Crippen LogP contribution < -0.4 is 10.6 Å². The van der Waals surface area contributed by atoms with Crippen LogP contribution in [0.2, 0.25) is 0 Å². The summed E-state index contributed by atoms with van der Waals surface area (Å²) in [6.45, 7) is 8.29. The molecule has 2 amide bonds. The number of carbonyl (C=O) groups excluding carboxylic acids is 2. The average Bonchev–Trinajstić information content (AvgIpc) is 2.05. The lowest BCUT2D eigenvalue weighted by molar-refractivity contribution is -0.123. The maximum absolute atomic E-state index is 11.1. The molecular weight excluding hydrogens is 168 g/mol. The highest BCUT2D eigenvalue weighted by atomic mass is 16.2. The van der Waals surface area contributed by atoms with Crippen LogP contribution in [-0.2, 0) is 9.59 Å². The van der Waals surface area contributed by atoms with Crippen LogP contribution in [0.4, 0.5) is 0 Å². The number of hydrogen-bond acceptors (Lipinski definition) is 2. The van der Waals surface area contributed by atoms with E-state index in [0.29, 0.717) is 18.7 Å². The molecule has 0 aliphatic rings. The molecule has 0 aromatic carbocycles. The molecule has 13 heavy (non-hydrogen) atoms. The fourth-order valence-corrected chi connectivity index (χ4v) is 0.819. The summed E-state index contributed by atoms with van der Waals surface area (Å²) in [5.74, 6) is -0.424. The molecule has 4 heteroatoms. The number of rotatable bonds is 5. The van der Waals surface area contributed by atoms with Gasteiger partial charge >= 0.3 is 0 Å². The van der Waals surface area contributed by atoms with Gasteiger partial charge in [-0.2, -0.15) is 0 Å². The summed E-state index contributed by atoms with van der Waals surface area (Å²) in [6.07, 6.45) is 0.0691. The molecule has 0 atom stereocenters. The standard InChI is InChI=1S/C9H16N2O2/c1-4-10-8(12)6-7(3)9(13)11-5-2/h3-6H2,1-2H3,(H,10,12)(H,11,13). The Morgan fingerprint density at radius 2 is 1.69 bits per heavy atom. The third-order valence-electron chi connectivity index (χ3n) is 1.41. The molecule has 4 nitrogen and oxygen atoms in total. The fourth-order valence-electron chi connectivity index (χ4n) is 0.819. The van der Waals surface area contributed by atoms with E-state index in [1.54, 1.807) is 0 Å². The molecule has 0 saturated heterocycles. The third-order valence-corrected chi connectivity index (χ3v) is 1.41. The topological polar surface area (TPSA) is 58.2 Å². The highest BCUT2D eigenvalue weighted by molar-refractivity contribution is 5.97. The number of amides is 2. The highest BCUT2D eigenvalue weighted by Gasteiger charge is 2.09. The summed E-state index contributed by atoms with van der Waals surface area (Å²) in [6, 6.07) is 0. The monoisotopic (exact) mass is 184 g/mol. The molecule has 0 aliphatic heterocycles. The van der Waals surface area contributed by atoms with E-state index in [0.717, 1.165) is 0 Å². The van der Waals surface area contributed by atoms with Crippen molar-refractivity contribution in [2.24, 2.45) is 0 Å². The molecule has 0 heterocycles. The molecule has 0 aromatic rings. The van der Waals surface area contributed by atoms with Crippen molar-refractivity contribution < 1.29 is 9.59 Å². The predicted molar refractivity (Wildman–Crippen MR) is 51.1 cm³/mol. The van der Waals surface area contributed by atoms with Gasteiger partial charge in [-0.05, 0) is 13.8 Å². The Labute approximate surface area is 78.4 Å². The molecule has 0 spiro atoms. The lowest BCUT2D eigenvalue weighted by atomic mass is 10.2. The van der Waals surface area contributed by atoms with E-state index in [9.17, 15) is 9.59 Å². The first-order chi connectivity index (χ1) is 6.11. The number of carbonyl (C=O) groups is 2. The Kier molecular flexibility index (Phi) is 5.59. The van der Waals surface area contributed by atoms with Gasteiger partial charge in [0.2, 0.25) is 11.8 Å². The molecule has 0 aromatic heterocycles. The van der Waals surface area contributed by atoms with Gasteiger partial charge in [-0.25, -0.2) is 0 Å². The van der Waals surface area contributed by atoms with E-state index in [4.69, 9.17) is 0 Å². The van der Waals surface area contributed by atoms with Crippen LogP contribution in [-0.4, -0.2) is 24.9 Å². The Hall–Kier alpha value is -1.32. The van der Waals surface area contributed by atoms with Crippen LogP contribution in [0.25, 0.3) is 0 Å². The van der Waals surface area contributed by atoms with Crippen molar-refractivity contribution in [2.75, 3.05) is 13.1 Å². The van der Waals surface area contributed by atoms with Gasteiger partial charge in [0.25, 0.3) is 0 Å². The second-order valence-corrected chi connectivity index (χ2v) is 2.59. The molecule has 0 unspecified atom stereocenters. The predicted octanol–water partition coefficient (Wildman–Crippen LogP) is 0.205. The van der Waals surface area contributed by atoms with Crippen LogP contribution in [0.5, 0.6) is 0 Å². The summed E-state index contributed by atoms with van der Waals surface area (Å²) in [7, 11) is 0. The molecule has 0 saturated carbocycles. The van der Waals surface area contributed by atoms with Gasteiger partial charge in [0.15, 0.2) is 0 Å². The summed E-state index contributed by atoms with van der Waals surface area (Å²) >= 11 is 0.